The lowest BCUT2D eigenvalue weighted by molar-refractivity contribution is 0.0695. The average Bonchev–Trinajstić information content (AvgIpc) is 2.82. The Hall–Kier alpha value is -2.56. The summed E-state index contributed by atoms with van der Waals surface area (Å²) in [7, 11) is 0. The minimum absolute atomic E-state index is 0.0359. The van der Waals surface area contributed by atoms with Crippen molar-refractivity contribution in [1.29, 1.82) is 0 Å². The zero-order chi connectivity index (χ0) is 14.1. The van der Waals surface area contributed by atoms with Crippen molar-refractivity contribution in [2.45, 2.75) is 13.0 Å². The van der Waals surface area contributed by atoms with Gasteiger partial charge in [-0.2, -0.15) is 0 Å². The molecule has 1 atom stereocenters. The standard InChI is InChI=1S/C15H14N2O3/c1-9-10(15(18)19)6-7-14(16-9)17-12-8-20-13-5-3-2-4-11(12)13/h2-7,12H,8H2,1H3,(H,16,17)(H,18,19). The fraction of sp³-hybridized carbons (Fsp3) is 0.200. The molecule has 1 unspecified atom stereocenters. The Kier molecular flexibility index (Phi) is 3.02. The van der Waals surface area contributed by atoms with Crippen LogP contribution in [0, 0.1) is 6.92 Å². The number of benzene rings is 1. The van der Waals surface area contributed by atoms with E-state index in [1.165, 1.54) is 0 Å². The van der Waals surface area contributed by atoms with Crippen LogP contribution in [0.25, 0.3) is 0 Å². The molecule has 0 aliphatic carbocycles. The number of para-hydroxylation sites is 1. The molecule has 1 aliphatic heterocycles. The molecule has 0 radical (unpaired) electrons. The first-order valence-electron chi connectivity index (χ1n) is 6.34. The van der Waals surface area contributed by atoms with E-state index in [0.29, 0.717) is 18.1 Å². The Bertz CT molecular complexity index is 670. The van der Waals surface area contributed by atoms with Crippen LogP contribution in [0.4, 0.5) is 5.82 Å². The Morgan fingerprint density at radius 2 is 2.15 bits per heavy atom. The van der Waals surface area contributed by atoms with E-state index in [9.17, 15) is 4.79 Å². The molecule has 0 bridgehead atoms. The number of carboxylic acid groups (broad SMARTS) is 1. The summed E-state index contributed by atoms with van der Waals surface area (Å²) in [5.41, 5.74) is 1.81. The van der Waals surface area contributed by atoms with Crippen LogP contribution in [0.3, 0.4) is 0 Å². The van der Waals surface area contributed by atoms with Crippen molar-refractivity contribution < 1.29 is 14.6 Å². The highest BCUT2D eigenvalue weighted by Gasteiger charge is 2.23. The Morgan fingerprint density at radius 1 is 1.35 bits per heavy atom. The molecule has 2 aromatic rings. The lowest BCUT2D eigenvalue weighted by Crippen LogP contribution is -2.14. The number of pyridine rings is 1. The minimum Gasteiger partial charge on any atom is -0.491 e. The number of aromatic nitrogens is 1. The van der Waals surface area contributed by atoms with Gasteiger partial charge < -0.3 is 15.2 Å². The number of hydrogen-bond acceptors (Lipinski definition) is 4. The summed E-state index contributed by atoms with van der Waals surface area (Å²) in [5, 5.41) is 12.3. The third-order valence-electron chi connectivity index (χ3n) is 3.34. The lowest BCUT2D eigenvalue weighted by atomic mass is 10.1. The van der Waals surface area contributed by atoms with Crippen LogP contribution in [-0.2, 0) is 0 Å². The van der Waals surface area contributed by atoms with Crippen LogP contribution in [0.15, 0.2) is 36.4 Å². The van der Waals surface area contributed by atoms with E-state index < -0.39 is 5.97 Å². The molecule has 2 N–H and O–H groups in total. The maximum atomic E-state index is 11.0. The molecule has 1 aromatic carbocycles. The number of carboxylic acids is 1. The van der Waals surface area contributed by atoms with E-state index >= 15 is 0 Å². The van der Waals surface area contributed by atoms with Crippen LogP contribution in [0.2, 0.25) is 0 Å². The van der Waals surface area contributed by atoms with Gasteiger partial charge in [0.15, 0.2) is 0 Å². The number of nitrogens with zero attached hydrogens (tertiary/aromatic N) is 1. The number of hydrogen-bond donors (Lipinski definition) is 2. The second kappa shape index (κ2) is 4.85. The minimum atomic E-state index is -0.962. The van der Waals surface area contributed by atoms with Crippen molar-refractivity contribution in [3.05, 3.63) is 53.2 Å². The molecular weight excluding hydrogens is 256 g/mol. The van der Waals surface area contributed by atoms with E-state index in [4.69, 9.17) is 9.84 Å². The monoisotopic (exact) mass is 270 g/mol. The summed E-state index contributed by atoms with van der Waals surface area (Å²) in [6, 6.07) is 11.1. The normalized spacial score (nSPS) is 16.4. The first-order chi connectivity index (χ1) is 9.65. The van der Waals surface area contributed by atoms with Gasteiger partial charge in [-0.05, 0) is 25.1 Å². The van der Waals surface area contributed by atoms with Gasteiger partial charge in [0.05, 0.1) is 17.3 Å². The van der Waals surface area contributed by atoms with Gasteiger partial charge in [-0.15, -0.1) is 0 Å². The number of rotatable bonds is 3. The van der Waals surface area contributed by atoms with Gasteiger partial charge in [-0.1, -0.05) is 18.2 Å². The fourth-order valence-corrected chi connectivity index (χ4v) is 2.33. The predicted molar refractivity (Wildman–Crippen MR) is 74.2 cm³/mol. The highest BCUT2D eigenvalue weighted by atomic mass is 16.5. The molecule has 0 fully saturated rings. The van der Waals surface area contributed by atoms with Crippen LogP contribution < -0.4 is 10.1 Å². The van der Waals surface area contributed by atoms with E-state index in [1.54, 1.807) is 19.1 Å². The smallest absolute Gasteiger partial charge is 0.337 e. The first-order valence-corrected chi connectivity index (χ1v) is 6.34. The van der Waals surface area contributed by atoms with Crippen LogP contribution in [0.1, 0.15) is 27.7 Å². The van der Waals surface area contributed by atoms with Crippen molar-refractivity contribution >= 4 is 11.8 Å². The number of ether oxygens (including phenoxy) is 1. The van der Waals surface area contributed by atoms with Gasteiger partial charge in [0.2, 0.25) is 0 Å². The number of aromatic carboxylic acids is 1. The number of carbonyl (C=O) groups is 1. The molecule has 102 valence electrons. The Morgan fingerprint density at radius 3 is 2.90 bits per heavy atom. The van der Waals surface area contributed by atoms with E-state index in [1.807, 2.05) is 24.3 Å². The summed E-state index contributed by atoms with van der Waals surface area (Å²) >= 11 is 0. The van der Waals surface area contributed by atoms with Gasteiger partial charge in [0.25, 0.3) is 0 Å². The van der Waals surface area contributed by atoms with Crippen LogP contribution >= 0.6 is 0 Å². The largest absolute Gasteiger partial charge is 0.491 e. The van der Waals surface area contributed by atoms with Crippen LogP contribution in [0.5, 0.6) is 5.75 Å². The molecule has 1 aromatic heterocycles. The van der Waals surface area contributed by atoms with E-state index in [-0.39, 0.29) is 11.6 Å². The lowest BCUT2D eigenvalue weighted by Gasteiger charge is -2.13. The zero-order valence-electron chi connectivity index (χ0n) is 11.0. The highest BCUT2D eigenvalue weighted by molar-refractivity contribution is 5.89. The van der Waals surface area contributed by atoms with E-state index in [0.717, 1.165) is 11.3 Å². The molecule has 3 rings (SSSR count). The molecule has 2 heterocycles. The van der Waals surface area contributed by atoms with Gasteiger partial charge in [-0.3, -0.25) is 0 Å². The van der Waals surface area contributed by atoms with Gasteiger partial charge >= 0.3 is 5.97 Å². The molecule has 5 nitrogen and oxygen atoms in total. The number of anilines is 1. The van der Waals surface area contributed by atoms with Gasteiger partial charge in [-0.25, -0.2) is 9.78 Å². The Balaban J connectivity index is 1.83. The first kappa shape index (κ1) is 12.5. The van der Waals surface area contributed by atoms with Crippen molar-refractivity contribution in [3.8, 4) is 5.75 Å². The molecule has 0 saturated heterocycles. The summed E-state index contributed by atoms with van der Waals surface area (Å²) in [4.78, 5) is 15.2. The van der Waals surface area contributed by atoms with Crippen molar-refractivity contribution in [1.82, 2.24) is 4.98 Å². The maximum Gasteiger partial charge on any atom is 0.337 e. The average molecular weight is 270 g/mol. The third-order valence-corrected chi connectivity index (χ3v) is 3.34. The molecule has 0 saturated carbocycles. The van der Waals surface area contributed by atoms with Crippen molar-refractivity contribution in [2.75, 3.05) is 11.9 Å². The fourth-order valence-electron chi connectivity index (χ4n) is 2.33. The van der Waals surface area contributed by atoms with Crippen molar-refractivity contribution in [3.63, 3.8) is 0 Å². The number of aryl methyl sites for hydroxylation is 1. The molecular formula is C15H14N2O3. The van der Waals surface area contributed by atoms with Gasteiger partial charge in [0, 0.05) is 5.56 Å². The topological polar surface area (TPSA) is 71.5 Å². The summed E-state index contributed by atoms with van der Waals surface area (Å²) in [6.07, 6.45) is 0. The summed E-state index contributed by atoms with van der Waals surface area (Å²) in [5.74, 6) is 0.567. The predicted octanol–water partition coefficient (Wildman–Crippen LogP) is 2.63. The van der Waals surface area contributed by atoms with Crippen LogP contribution in [-0.4, -0.2) is 22.7 Å². The SMILES string of the molecule is Cc1nc(NC2COc3ccccc32)ccc1C(=O)O. The second-order valence-electron chi connectivity index (χ2n) is 4.68. The van der Waals surface area contributed by atoms with E-state index in [2.05, 4.69) is 10.3 Å². The van der Waals surface area contributed by atoms with Gasteiger partial charge in [0.1, 0.15) is 18.2 Å². The third kappa shape index (κ3) is 2.18. The molecule has 1 aliphatic rings. The summed E-state index contributed by atoms with van der Waals surface area (Å²) in [6.45, 7) is 2.23. The molecule has 20 heavy (non-hydrogen) atoms. The molecule has 0 spiro atoms. The Labute approximate surface area is 116 Å². The summed E-state index contributed by atoms with van der Waals surface area (Å²) < 4.78 is 5.59. The highest BCUT2D eigenvalue weighted by Crippen LogP contribution is 2.33. The zero-order valence-corrected chi connectivity index (χ0v) is 11.0. The maximum absolute atomic E-state index is 11.0. The molecule has 0 amide bonds. The number of fused-ring (bicyclic) bond motifs is 1. The molecule has 5 heteroatoms. The number of nitrogens with one attached hydrogen (secondary N) is 1. The second-order valence-corrected chi connectivity index (χ2v) is 4.68. The van der Waals surface area contributed by atoms with Crippen molar-refractivity contribution in [2.24, 2.45) is 0 Å². The quantitative estimate of drug-likeness (QED) is 0.897.